The van der Waals surface area contributed by atoms with Crippen LogP contribution in [0.15, 0.2) is 77.3 Å². The van der Waals surface area contributed by atoms with E-state index in [1.54, 1.807) is 0 Å². The van der Waals surface area contributed by atoms with Crippen LogP contribution in [0.2, 0.25) is 0 Å². The molecular formula is C20H14BrN. The molecule has 0 aliphatic heterocycles. The Kier molecular flexibility index (Phi) is 3.12. The van der Waals surface area contributed by atoms with Gasteiger partial charge >= 0.3 is 0 Å². The number of hydrogen-bond donors (Lipinski definition) is 1. The van der Waals surface area contributed by atoms with Crippen molar-refractivity contribution >= 4 is 43.2 Å². The molecule has 0 aromatic heterocycles. The third-order valence-electron chi connectivity index (χ3n) is 4.07. The molecule has 0 spiro atoms. The lowest BCUT2D eigenvalue weighted by molar-refractivity contribution is 1.65. The smallest absolute Gasteiger partial charge is 0.0332 e. The van der Waals surface area contributed by atoms with Crippen molar-refractivity contribution in [3.8, 4) is 11.1 Å². The van der Waals surface area contributed by atoms with Gasteiger partial charge in [0.15, 0.2) is 0 Å². The number of nitrogen functional groups attached to an aromatic ring is 1. The molecule has 0 radical (unpaired) electrons. The van der Waals surface area contributed by atoms with E-state index in [0.717, 1.165) is 10.2 Å². The minimum Gasteiger partial charge on any atom is -0.399 e. The molecule has 1 nitrogen and oxygen atoms in total. The van der Waals surface area contributed by atoms with Crippen molar-refractivity contribution in [2.24, 2.45) is 0 Å². The molecule has 0 saturated carbocycles. The second-order valence-corrected chi connectivity index (χ2v) is 6.20. The van der Waals surface area contributed by atoms with Gasteiger partial charge in [-0.05, 0) is 60.7 Å². The Hall–Kier alpha value is -2.32. The van der Waals surface area contributed by atoms with Crippen molar-refractivity contribution in [3.63, 3.8) is 0 Å². The zero-order valence-corrected chi connectivity index (χ0v) is 13.5. The first kappa shape index (κ1) is 13.4. The molecule has 0 amide bonds. The molecule has 0 aliphatic rings. The SMILES string of the molecule is Nc1ccc(-c2c3ccccc3c(Br)c3ccccc23)cc1. The van der Waals surface area contributed by atoms with E-state index in [2.05, 4.69) is 76.6 Å². The summed E-state index contributed by atoms with van der Waals surface area (Å²) in [6, 6.07) is 25.1. The predicted octanol–water partition coefficient (Wildman–Crippen LogP) is 6.00. The summed E-state index contributed by atoms with van der Waals surface area (Å²) < 4.78 is 1.15. The van der Waals surface area contributed by atoms with Gasteiger partial charge in [0.1, 0.15) is 0 Å². The summed E-state index contributed by atoms with van der Waals surface area (Å²) in [5.74, 6) is 0. The number of benzene rings is 4. The van der Waals surface area contributed by atoms with E-state index < -0.39 is 0 Å². The molecule has 0 bridgehead atoms. The monoisotopic (exact) mass is 347 g/mol. The number of anilines is 1. The topological polar surface area (TPSA) is 26.0 Å². The Bertz CT molecular complexity index is 931. The lowest BCUT2D eigenvalue weighted by Gasteiger charge is -2.14. The highest BCUT2D eigenvalue weighted by Crippen LogP contribution is 2.41. The quantitative estimate of drug-likeness (QED) is 0.331. The van der Waals surface area contributed by atoms with Crippen LogP contribution >= 0.6 is 15.9 Å². The number of rotatable bonds is 1. The lowest BCUT2D eigenvalue weighted by Crippen LogP contribution is -1.88. The van der Waals surface area contributed by atoms with Crippen LogP contribution in [0.1, 0.15) is 0 Å². The molecule has 0 aliphatic carbocycles. The Labute approximate surface area is 137 Å². The highest BCUT2D eigenvalue weighted by Gasteiger charge is 2.13. The van der Waals surface area contributed by atoms with Gasteiger partial charge in [0.2, 0.25) is 0 Å². The van der Waals surface area contributed by atoms with Gasteiger partial charge in [-0.1, -0.05) is 60.7 Å². The molecule has 0 fully saturated rings. The van der Waals surface area contributed by atoms with Crippen molar-refractivity contribution in [2.45, 2.75) is 0 Å². The maximum atomic E-state index is 5.85. The highest BCUT2D eigenvalue weighted by molar-refractivity contribution is 9.10. The van der Waals surface area contributed by atoms with Crippen molar-refractivity contribution in [3.05, 3.63) is 77.3 Å². The maximum absolute atomic E-state index is 5.85. The Balaban J connectivity index is 2.23. The highest BCUT2D eigenvalue weighted by atomic mass is 79.9. The van der Waals surface area contributed by atoms with Crippen molar-refractivity contribution < 1.29 is 0 Å². The van der Waals surface area contributed by atoms with Crippen LogP contribution in [0.3, 0.4) is 0 Å². The van der Waals surface area contributed by atoms with Gasteiger partial charge in [-0.3, -0.25) is 0 Å². The van der Waals surface area contributed by atoms with Crippen LogP contribution in [0, 0.1) is 0 Å². The summed E-state index contributed by atoms with van der Waals surface area (Å²) in [5, 5.41) is 4.96. The summed E-state index contributed by atoms with van der Waals surface area (Å²) in [6.07, 6.45) is 0. The molecule has 4 aromatic carbocycles. The molecule has 2 heteroatoms. The predicted molar refractivity (Wildman–Crippen MR) is 99.0 cm³/mol. The first-order valence-electron chi connectivity index (χ1n) is 7.20. The van der Waals surface area contributed by atoms with Crippen molar-refractivity contribution in [1.82, 2.24) is 0 Å². The van der Waals surface area contributed by atoms with E-state index in [9.17, 15) is 0 Å². The fourth-order valence-electron chi connectivity index (χ4n) is 3.04. The molecule has 0 atom stereocenters. The number of hydrogen-bond acceptors (Lipinski definition) is 1. The van der Waals surface area contributed by atoms with Gasteiger partial charge in [-0.2, -0.15) is 0 Å². The first-order valence-corrected chi connectivity index (χ1v) is 8.00. The zero-order chi connectivity index (χ0) is 15.1. The van der Waals surface area contributed by atoms with Crippen LogP contribution in [0.5, 0.6) is 0 Å². The molecule has 106 valence electrons. The van der Waals surface area contributed by atoms with E-state index in [-0.39, 0.29) is 0 Å². The maximum Gasteiger partial charge on any atom is 0.0332 e. The van der Waals surface area contributed by atoms with E-state index in [1.807, 2.05) is 12.1 Å². The average molecular weight is 348 g/mol. The van der Waals surface area contributed by atoms with Crippen LogP contribution in [0.4, 0.5) is 5.69 Å². The molecule has 22 heavy (non-hydrogen) atoms. The van der Waals surface area contributed by atoms with Gasteiger partial charge < -0.3 is 5.73 Å². The summed E-state index contributed by atoms with van der Waals surface area (Å²) in [6.45, 7) is 0. The Morgan fingerprint density at radius 3 is 1.55 bits per heavy atom. The minimum atomic E-state index is 0.787. The zero-order valence-electron chi connectivity index (χ0n) is 11.9. The summed E-state index contributed by atoms with van der Waals surface area (Å²) >= 11 is 3.78. The summed E-state index contributed by atoms with van der Waals surface area (Å²) in [5.41, 5.74) is 9.08. The Morgan fingerprint density at radius 1 is 0.591 bits per heavy atom. The van der Waals surface area contributed by atoms with Gasteiger partial charge in [-0.25, -0.2) is 0 Å². The molecule has 0 saturated heterocycles. The Morgan fingerprint density at radius 2 is 1.05 bits per heavy atom. The van der Waals surface area contributed by atoms with Gasteiger partial charge in [0.25, 0.3) is 0 Å². The van der Waals surface area contributed by atoms with Gasteiger partial charge in [0.05, 0.1) is 0 Å². The van der Waals surface area contributed by atoms with E-state index >= 15 is 0 Å². The van der Waals surface area contributed by atoms with E-state index in [0.29, 0.717) is 0 Å². The third kappa shape index (κ3) is 1.99. The fourth-order valence-corrected chi connectivity index (χ4v) is 3.73. The first-order chi connectivity index (χ1) is 10.8. The summed E-state index contributed by atoms with van der Waals surface area (Å²) in [4.78, 5) is 0. The van der Waals surface area contributed by atoms with Gasteiger partial charge in [0, 0.05) is 10.2 Å². The van der Waals surface area contributed by atoms with Crippen LogP contribution < -0.4 is 5.73 Å². The molecule has 0 unspecified atom stereocenters. The van der Waals surface area contributed by atoms with Crippen molar-refractivity contribution in [1.29, 1.82) is 0 Å². The van der Waals surface area contributed by atoms with E-state index in [4.69, 9.17) is 5.73 Å². The van der Waals surface area contributed by atoms with Gasteiger partial charge in [-0.15, -0.1) is 0 Å². The number of halogens is 1. The molecule has 4 rings (SSSR count). The second-order valence-electron chi connectivity index (χ2n) is 5.40. The van der Waals surface area contributed by atoms with Crippen LogP contribution in [0.25, 0.3) is 32.7 Å². The summed E-state index contributed by atoms with van der Waals surface area (Å²) in [7, 11) is 0. The normalized spacial score (nSPS) is 11.1. The molecular weight excluding hydrogens is 334 g/mol. The molecule has 4 aromatic rings. The van der Waals surface area contributed by atoms with Crippen LogP contribution in [-0.2, 0) is 0 Å². The lowest BCUT2D eigenvalue weighted by atomic mass is 9.92. The molecule has 0 heterocycles. The standard InChI is InChI=1S/C20H14BrN/c21-20-17-7-3-1-5-15(17)19(13-9-11-14(22)12-10-13)16-6-2-4-8-18(16)20/h1-12H,22H2. The second kappa shape index (κ2) is 5.15. The van der Waals surface area contributed by atoms with Crippen LogP contribution in [-0.4, -0.2) is 0 Å². The largest absolute Gasteiger partial charge is 0.399 e. The number of fused-ring (bicyclic) bond motifs is 2. The van der Waals surface area contributed by atoms with Crippen molar-refractivity contribution in [2.75, 3.05) is 5.73 Å². The fraction of sp³-hybridized carbons (Fsp3) is 0. The van der Waals surface area contributed by atoms with E-state index in [1.165, 1.54) is 32.7 Å². The average Bonchev–Trinajstić information content (AvgIpc) is 2.57. The third-order valence-corrected chi connectivity index (χ3v) is 4.92. The molecule has 2 N–H and O–H groups in total. The minimum absolute atomic E-state index is 0.787. The number of nitrogens with two attached hydrogens (primary N) is 1.